The second-order valence-corrected chi connectivity index (χ2v) is 15.3. The average molecular weight is 524 g/mol. The Labute approximate surface area is 191 Å². The zero-order valence-corrected chi connectivity index (χ0v) is 21.5. The van der Waals surface area contributed by atoms with Gasteiger partial charge in [-0.05, 0) is 0 Å². The molecule has 4 aromatic rings. The molecule has 0 nitrogen and oxygen atoms in total. The van der Waals surface area contributed by atoms with Crippen molar-refractivity contribution in [1.29, 1.82) is 0 Å². The fourth-order valence-electron chi connectivity index (χ4n) is 5.14. The summed E-state index contributed by atoms with van der Waals surface area (Å²) in [7, 11) is -0.175. The molecule has 0 unspecified atom stereocenters. The summed E-state index contributed by atoms with van der Waals surface area (Å²) in [4.78, 5) is 0. The van der Waals surface area contributed by atoms with E-state index in [2.05, 4.69) is 94.4 Å². The van der Waals surface area contributed by atoms with E-state index in [4.69, 9.17) is 0 Å². The average Bonchev–Trinajstić information content (AvgIpc) is 3.15. The van der Waals surface area contributed by atoms with Gasteiger partial charge in [0.1, 0.15) is 0 Å². The Morgan fingerprint density at radius 2 is 1.33 bits per heavy atom. The van der Waals surface area contributed by atoms with Crippen molar-refractivity contribution in [2.24, 2.45) is 0 Å². The normalized spacial score (nSPS) is 13.4. The molecular weight excluding hydrogens is 495 g/mol. The number of benzene rings is 4. The first-order valence-corrected chi connectivity index (χ1v) is 14.9. The Balaban J connectivity index is 1.75. The summed E-state index contributed by atoms with van der Waals surface area (Å²) >= 11 is -0.473. The van der Waals surface area contributed by atoms with E-state index < -0.39 is 20.9 Å². The van der Waals surface area contributed by atoms with Crippen molar-refractivity contribution in [3.8, 4) is 0 Å². The maximum atomic E-state index is 2.51. The molecule has 1 aliphatic rings. The third-order valence-electron chi connectivity index (χ3n) is 6.30. The monoisotopic (exact) mass is 526 g/mol. The molecule has 4 aromatic carbocycles. The van der Waals surface area contributed by atoms with Crippen LogP contribution >= 0.6 is 7.92 Å². The SMILES string of the molecule is CC(C)P(c1ccc2c3c(ccc([Te]c4cccc5ccccc45)c13)CC2)C(C)C. The van der Waals surface area contributed by atoms with Crippen LogP contribution in [0.2, 0.25) is 0 Å². The molecule has 0 aliphatic heterocycles. The second-order valence-electron chi connectivity index (χ2n) is 8.89. The van der Waals surface area contributed by atoms with Crippen LogP contribution in [0.25, 0.3) is 21.5 Å². The molecule has 0 N–H and O–H groups in total. The number of fused-ring (bicyclic) bond motifs is 1. The van der Waals surface area contributed by atoms with Gasteiger partial charge in [-0.25, -0.2) is 0 Å². The summed E-state index contributed by atoms with van der Waals surface area (Å²) in [5.74, 6) is 0. The molecule has 0 fully saturated rings. The first kappa shape index (κ1) is 20.5. The van der Waals surface area contributed by atoms with E-state index in [9.17, 15) is 0 Å². The van der Waals surface area contributed by atoms with Crippen molar-refractivity contribution in [3.63, 3.8) is 0 Å². The van der Waals surface area contributed by atoms with Gasteiger partial charge in [0.25, 0.3) is 0 Å². The third-order valence-corrected chi connectivity index (χ3v) is 12.7. The van der Waals surface area contributed by atoms with Gasteiger partial charge in [0.2, 0.25) is 0 Å². The minimum absolute atomic E-state index is 0.175. The Morgan fingerprint density at radius 1 is 0.667 bits per heavy atom. The van der Waals surface area contributed by atoms with Crippen LogP contribution in [0.4, 0.5) is 0 Å². The van der Waals surface area contributed by atoms with Gasteiger partial charge in [0.05, 0.1) is 0 Å². The molecule has 30 heavy (non-hydrogen) atoms. The zero-order valence-electron chi connectivity index (χ0n) is 18.3. The Morgan fingerprint density at radius 3 is 2.07 bits per heavy atom. The molecule has 0 bridgehead atoms. The molecule has 0 radical (unpaired) electrons. The zero-order chi connectivity index (χ0) is 20.8. The summed E-state index contributed by atoms with van der Waals surface area (Å²) in [5.41, 5.74) is 4.59. The second kappa shape index (κ2) is 8.28. The molecule has 0 heterocycles. The molecule has 0 aromatic heterocycles. The van der Waals surface area contributed by atoms with E-state index in [1.165, 1.54) is 23.6 Å². The van der Waals surface area contributed by atoms with E-state index in [0.29, 0.717) is 11.3 Å². The fraction of sp³-hybridized carbons (Fsp3) is 0.286. The predicted molar refractivity (Wildman–Crippen MR) is 137 cm³/mol. The topological polar surface area (TPSA) is 0 Å². The summed E-state index contributed by atoms with van der Waals surface area (Å²) in [5, 5.41) is 7.74. The Bertz CT molecular complexity index is 1210. The van der Waals surface area contributed by atoms with Crippen LogP contribution in [-0.2, 0) is 12.8 Å². The first-order chi connectivity index (χ1) is 14.5. The van der Waals surface area contributed by atoms with Crippen LogP contribution in [0.5, 0.6) is 0 Å². The minimum atomic E-state index is -0.473. The van der Waals surface area contributed by atoms with Crippen molar-refractivity contribution in [2.75, 3.05) is 0 Å². The van der Waals surface area contributed by atoms with E-state index in [-0.39, 0.29) is 7.92 Å². The van der Waals surface area contributed by atoms with Gasteiger partial charge in [-0.1, -0.05) is 0 Å². The summed E-state index contributed by atoms with van der Waals surface area (Å²) in [6, 6.07) is 25.7. The molecule has 0 spiro atoms. The van der Waals surface area contributed by atoms with Crippen LogP contribution < -0.4 is 12.5 Å². The maximum absolute atomic E-state index is 2.51. The molecule has 0 saturated heterocycles. The van der Waals surface area contributed by atoms with Gasteiger partial charge >= 0.3 is 193 Å². The van der Waals surface area contributed by atoms with Crippen molar-refractivity contribution in [3.05, 3.63) is 77.9 Å². The molecule has 1 aliphatic carbocycles. The standard InChI is InChI=1S/C28H29PTe/c1-18(2)29(19(3)4)24-16-14-21-12-13-22-15-17-26(28(24)27(21)22)30-25-11-7-9-20-8-5-6-10-23(20)25/h5-11,14-19H,12-13H2,1-4H3. The number of rotatable bonds is 5. The summed E-state index contributed by atoms with van der Waals surface area (Å²) in [6.45, 7) is 9.71. The van der Waals surface area contributed by atoms with Gasteiger partial charge in [-0.3, -0.25) is 0 Å². The van der Waals surface area contributed by atoms with Crippen molar-refractivity contribution in [2.45, 2.75) is 51.9 Å². The molecular formula is C28H29PTe. The van der Waals surface area contributed by atoms with Crippen LogP contribution in [0.15, 0.2) is 66.7 Å². The van der Waals surface area contributed by atoms with E-state index >= 15 is 0 Å². The van der Waals surface area contributed by atoms with Crippen molar-refractivity contribution in [1.82, 2.24) is 0 Å². The molecule has 152 valence electrons. The van der Waals surface area contributed by atoms with Crippen molar-refractivity contribution < 1.29 is 0 Å². The van der Waals surface area contributed by atoms with Gasteiger partial charge < -0.3 is 0 Å². The molecule has 5 rings (SSSR count). The predicted octanol–water partition coefficient (Wildman–Crippen LogP) is 5.67. The van der Waals surface area contributed by atoms with Gasteiger partial charge in [0, 0.05) is 0 Å². The van der Waals surface area contributed by atoms with Crippen LogP contribution in [0.3, 0.4) is 0 Å². The van der Waals surface area contributed by atoms with Crippen LogP contribution in [0, 0.1) is 0 Å². The number of aryl methyl sites for hydroxylation is 2. The number of hydrogen-bond acceptors (Lipinski definition) is 0. The number of hydrogen-bond donors (Lipinski definition) is 0. The first-order valence-electron chi connectivity index (χ1n) is 11.1. The Hall–Kier alpha value is -1.38. The van der Waals surface area contributed by atoms with E-state index in [0.717, 1.165) is 0 Å². The van der Waals surface area contributed by atoms with E-state index in [1.54, 1.807) is 34.4 Å². The summed E-state index contributed by atoms with van der Waals surface area (Å²) in [6.07, 6.45) is 2.43. The quantitative estimate of drug-likeness (QED) is 0.233. The Kier molecular flexibility index (Phi) is 5.66. The third kappa shape index (κ3) is 3.50. The van der Waals surface area contributed by atoms with Gasteiger partial charge in [-0.15, -0.1) is 0 Å². The molecule has 2 heteroatoms. The summed E-state index contributed by atoms with van der Waals surface area (Å²) < 4.78 is 3.21. The van der Waals surface area contributed by atoms with Crippen LogP contribution in [0.1, 0.15) is 38.8 Å². The van der Waals surface area contributed by atoms with Gasteiger partial charge in [0.15, 0.2) is 0 Å². The van der Waals surface area contributed by atoms with Crippen LogP contribution in [-0.4, -0.2) is 32.2 Å². The van der Waals surface area contributed by atoms with Crippen molar-refractivity contribution >= 4 is 62.9 Å². The van der Waals surface area contributed by atoms with E-state index in [1.807, 2.05) is 0 Å². The van der Waals surface area contributed by atoms with Gasteiger partial charge in [-0.2, -0.15) is 0 Å². The fourth-order valence-corrected chi connectivity index (χ4v) is 11.6. The molecule has 0 atom stereocenters. The molecule has 0 amide bonds. The molecule has 0 saturated carbocycles.